The van der Waals surface area contributed by atoms with E-state index in [-0.39, 0.29) is 6.03 Å². The molecule has 0 saturated carbocycles. The zero-order valence-electron chi connectivity index (χ0n) is 15.8. The van der Waals surface area contributed by atoms with Crippen LogP contribution in [0.2, 0.25) is 10.0 Å². The molecule has 1 aliphatic heterocycles. The molecule has 3 aromatic rings. The van der Waals surface area contributed by atoms with E-state index in [9.17, 15) is 4.79 Å². The number of hydrogen-bond acceptors (Lipinski definition) is 3. The molecule has 0 unspecified atom stereocenters. The molecule has 8 heteroatoms. The number of nitrogens with zero attached hydrogens (tertiary/aromatic N) is 4. The molecule has 0 fully saturated rings. The fourth-order valence-electron chi connectivity index (χ4n) is 3.46. The van der Waals surface area contributed by atoms with Crippen LogP contribution < -0.4 is 10.2 Å². The molecule has 0 bridgehead atoms. The van der Waals surface area contributed by atoms with Gasteiger partial charge < -0.3 is 9.88 Å². The Labute approximate surface area is 179 Å². The Morgan fingerprint density at radius 2 is 1.86 bits per heavy atom. The lowest BCUT2D eigenvalue weighted by molar-refractivity contribution is 0.256. The first-order valence-corrected chi connectivity index (χ1v) is 10.4. The van der Waals surface area contributed by atoms with Gasteiger partial charge in [-0.1, -0.05) is 47.8 Å². The molecule has 0 radical (unpaired) electrons. The normalized spacial score (nSPS) is 13.4. The summed E-state index contributed by atoms with van der Waals surface area (Å²) < 4.78 is 2.15. The summed E-state index contributed by atoms with van der Waals surface area (Å²) in [4.78, 5) is 14.8. The second-order valence-corrected chi connectivity index (χ2v) is 7.79. The SMILES string of the molecule is O=C(Nc1ccc(Cl)c(Cl)c1)N(Cc1nnc2n1CCCCC2)c1ccccc1. The maximum Gasteiger partial charge on any atom is 0.326 e. The predicted octanol–water partition coefficient (Wildman–Crippen LogP) is 5.55. The van der Waals surface area contributed by atoms with Crippen molar-refractivity contribution in [1.29, 1.82) is 0 Å². The fourth-order valence-corrected chi connectivity index (χ4v) is 3.75. The van der Waals surface area contributed by atoms with Gasteiger partial charge in [0.1, 0.15) is 5.82 Å². The Hall–Kier alpha value is -2.57. The van der Waals surface area contributed by atoms with Crippen LogP contribution in [-0.2, 0) is 19.5 Å². The van der Waals surface area contributed by atoms with Crippen LogP contribution in [0.15, 0.2) is 48.5 Å². The van der Waals surface area contributed by atoms with Gasteiger partial charge in [0.05, 0.1) is 16.6 Å². The van der Waals surface area contributed by atoms with Gasteiger partial charge in [-0.25, -0.2) is 4.79 Å². The van der Waals surface area contributed by atoms with Crippen molar-refractivity contribution in [1.82, 2.24) is 14.8 Å². The molecule has 2 heterocycles. The highest BCUT2D eigenvalue weighted by atomic mass is 35.5. The van der Waals surface area contributed by atoms with Gasteiger partial charge in [-0.05, 0) is 43.2 Å². The molecule has 0 atom stereocenters. The number of amides is 2. The third-order valence-corrected chi connectivity index (χ3v) is 5.71. The number of carbonyl (C=O) groups is 1. The van der Waals surface area contributed by atoms with Gasteiger partial charge in [0.2, 0.25) is 0 Å². The molecular weight excluding hydrogens is 409 g/mol. The van der Waals surface area contributed by atoms with Crippen molar-refractivity contribution in [3.63, 3.8) is 0 Å². The van der Waals surface area contributed by atoms with Gasteiger partial charge in [0.15, 0.2) is 5.82 Å². The highest BCUT2D eigenvalue weighted by Gasteiger charge is 2.22. The van der Waals surface area contributed by atoms with E-state index >= 15 is 0 Å². The number of urea groups is 1. The minimum absolute atomic E-state index is 0.277. The highest BCUT2D eigenvalue weighted by Crippen LogP contribution is 2.26. The Bertz CT molecular complexity index is 1010. The summed E-state index contributed by atoms with van der Waals surface area (Å²) in [6, 6.07) is 14.2. The largest absolute Gasteiger partial charge is 0.326 e. The van der Waals surface area contributed by atoms with Crippen LogP contribution in [0.1, 0.15) is 30.9 Å². The number of aromatic nitrogens is 3. The van der Waals surface area contributed by atoms with E-state index in [0.29, 0.717) is 22.3 Å². The molecule has 0 aliphatic carbocycles. The second-order valence-electron chi connectivity index (χ2n) is 6.98. The number of halogens is 2. The predicted molar refractivity (Wildman–Crippen MR) is 116 cm³/mol. The standard InChI is InChI=1S/C21H21Cl2N5O/c22-17-11-10-15(13-18(17)23)24-21(29)28(16-7-3-1-4-8-16)14-20-26-25-19-9-5-2-6-12-27(19)20/h1,3-4,7-8,10-11,13H,2,5-6,9,12,14H2,(H,24,29). The van der Waals surface area contributed by atoms with E-state index in [2.05, 4.69) is 20.1 Å². The van der Waals surface area contributed by atoms with Gasteiger partial charge in [-0.15, -0.1) is 10.2 Å². The van der Waals surface area contributed by atoms with Crippen LogP contribution in [0.25, 0.3) is 0 Å². The Kier molecular flexibility index (Phi) is 6.02. The van der Waals surface area contributed by atoms with E-state index in [1.807, 2.05) is 30.3 Å². The molecule has 6 nitrogen and oxygen atoms in total. The quantitative estimate of drug-likeness (QED) is 0.590. The summed E-state index contributed by atoms with van der Waals surface area (Å²) >= 11 is 12.1. The summed E-state index contributed by atoms with van der Waals surface area (Å²) in [5.74, 6) is 1.78. The van der Waals surface area contributed by atoms with E-state index in [4.69, 9.17) is 23.2 Å². The minimum Gasteiger partial charge on any atom is -0.313 e. The summed E-state index contributed by atoms with van der Waals surface area (Å²) in [5, 5.41) is 12.5. The average molecular weight is 430 g/mol. The van der Waals surface area contributed by atoms with Crippen LogP contribution in [-0.4, -0.2) is 20.8 Å². The van der Waals surface area contributed by atoms with Gasteiger partial charge in [-0.3, -0.25) is 4.90 Å². The van der Waals surface area contributed by atoms with Crippen molar-refractivity contribution in [2.75, 3.05) is 10.2 Å². The second kappa shape index (κ2) is 8.84. The summed E-state index contributed by atoms with van der Waals surface area (Å²) in [6.45, 7) is 1.21. The van der Waals surface area contributed by atoms with Crippen molar-refractivity contribution in [3.8, 4) is 0 Å². The third kappa shape index (κ3) is 4.54. The van der Waals surface area contributed by atoms with E-state index in [0.717, 1.165) is 43.1 Å². The zero-order chi connectivity index (χ0) is 20.2. The first-order valence-electron chi connectivity index (χ1n) is 9.61. The van der Waals surface area contributed by atoms with Gasteiger partial charge in [-0.2, -0.15) is 0 Å². The van der Waals surface area contributed by atoms with Crippen molar-refractivity contribution < 1.29 is 4.79 Å². The first kappa shape index (κ1) is 19.7. The Morgan fingerprint density at radius 3 is 2.66 bits per heavy atom. The number of aryl methyl sites for hydroxylation is 1. The lowest BCUT2D eigenvalue weighted by Crippen LogP contribution is -2.35. The molecule has 4 rings (SSSR count). The number of carbonyl (C=O) groups excluding carboxylic acids is 1. The topological polar surface area (TPSA) is 63.1 Å². The lowest BCUT2D eigenvalue weighted by atomic mass is 10.2. The molecule has 2 amide bonds. The molecule has 150 valence electrons. The zero-order valence-corrected chi connectivity index (χ0v) is 17.3. The molecule has 0 spiro atoms. The molecule has 1 N–H and O–H groups in total. The van der Waals surface area contributed by atoms with Gasteiger partial charge in [0.25, 0.3) is 0 Å². The van der Waals surface area contributed by atoms with Crippen LogP contribution in [0.3, 0.4) is 0 Å². The molecule has 1 aromatic heterocycles. The number of nitrogens with one attached hydrogen (secondary N) is 1. The Morgan fingerprint density at radius 1 is 1.03 bits per heavy atom. The van der Waals surface area contributed by atoms with Crippen molar-refractivity contribution in [3.05, 3.63) is 70.2 Å². The fraction of sp³-hybridized carbons (Fsp3) is 0.286. The van der Waals surface area contributed by atoms with Crippen LogP contribution in [0.4, 0.5) is 16.2 Å². The van der Waals surface area contributed by atoms with Gasteiger partial charge >= 0.3 is 6.03 Å². The number of anilines is 2. The van der Waals surface area contributed by atoms with Crippen LogP contribution >= 0.6 is 23.2 Å². The van der Waals surface area contributed by atoms with E-state index in [1.54, 1.807) is 23.1 Å². The molecule has 29 heavy (non-hydrogen) atoms. The Balaban J connectivity index is 1.61. The third-order valence-electron chi connectivity index (χ3n) is 4.97. The monoisotopic (exact) mass is 429 g/mol. The van der Waals surface area contributed by atoms with Crippen molar-refractivity contribution >= 4 is 40.6 Å². The summed E-state index contributed by atoms with van der Waals surface area (Å²) in [6.07, 6.45) is 4.33. The van der Waals surface area contributed by atoms with Gasteiger partial charge in [0, 0.05) is 24.3 Å². The number of para-hydroxylation sites is 1. The first-order chi connectivity index (χ1) is 14.1. The maximum absolute atomic E-state index is 13.2. The van der Waals surface area contributed by atoms with Crippen molar-refractivity contribution in [2.45, 2.75) is 38.8 Å². The van der Waals surface area contributed by atoms with Crippen LogP contribution in [0, 0.1) is 0 Å². The van der Waals surface area contributed by atoms with Crippen LogP contribution in [0.5, 0.6) is 0 Å². The lowest BCUT2D eigenvalue weighted by Gasteiger charge is -2.23. The summed E-state index contributed by atoms with van der Waals surface area (Å²) in [5.41, 5.74) is 1.35. The minimum atomic E-state index is -0.277. The number of benzene rings is 2. The summed E-state index contributed by atoms with van der Waals surface area (Å²) in [7, 11) is 0. The number of rotatable bonds is 4. The van der Waals surface area contributed by atoms with Crippen molar-refractivity contribution in [2.24, 2.45) is 0 Å². The molecule has 2 aromatic carbocycles. The smallest absolute Gasteiger partial charge is 0.313 e. The van der Waals surface area contributed by atoms with E-state index in [1.165, 1.54) is 6.42 Å². The average Bonchev–Trinajstić information content (AvgIpc) is 2.95. The number of hydrogen-bond donors (Lipinski definition) is 1. The molecule has 0 saturated heterocycles. The maximum atomic E-state index is 13.2. The molecule has 1 aliphatic rings. The molecular formula is C21H21Cl2N5O. The van der Waals surface area contributed by atoms with E-state index < -0.39 is 0 Å². The number of fused-ring (bicyclic) bond motifs is 1. The highest BCUT2D eigenvalue weighted by molar-refractivity contribution is 6.42.